The van der Waals surface area contributed by atoms with Crippen LogP contribution in [0.4, 0.5) is 0 Å². The molecule has 0 aliphatic carbocycles. The Kier molecular flexibility index (Phi) is 3.65. The summed E-state index contributed by atoms with van der Waals surface area (Å²) >= 11 is 0. The molecule has 9 nitrogen and oxygen atoms in total. The lowest BCUT2D eigenvalue weighted by molar-refractivity contribution is -0.301. The van der Waals surface area contributed by atoms with Crippen molar-refractivity contribution in [3.8, 4) is 0 Å². The molecule has 2 heterocycles. The molecule has 0 aromatic rings. The van der Waals surface area contributed by atoms with Crippen molar-refractivity contribution >= 4 is 10.3 Å². The van der Waals surface area contributed by atoms with E-state index in [9.17, 15) is 18.6 Å². The topological polar surface area (TPSA) is 138 Å². The van der Waals surface area contributed by atoms with E-state index in [-0.39, 0.29) is 6.61 Å². The maximum atomic E-state index is 10.9. The fourth-order valence-electron chi connectivity index (χ4n) is 2.28. The maximum absolute atomic E-state index is 10.9. The van der Waals surface area contributed by atoms with Crippen molar-refractivity contribution in [2.75, 3.05) is 13.2 Å². The summed E-state index contributed by atoms with van der Waals surface area (Å²) < 4.78 is 42.5. The van der Waals surface area contributed by atoms with Crippen LogP contribution < -0.4 is 5.14 Å². The van der Waals surface area contributed by atoms with E-state index in [4.69, 9.17) is 19.3 Å². The third-order valence-electron chi connectivity index (χ3n) is 2.92. The van der Waals surface area contributed by atoms with E-state index >= 15 is 0 Å². The molecule has 10 heteroatoms. The second-order valence-corrected chi connectivity index (χ2v) is 6.12. The molecule has 2 aliphatic heterocycles. The first-order chi connectivity index (χ1) is 8.59. The van der Waals surface area contributed by atoms with Crippen LogP contribution in [-0.4, -0.2) is 61.7 Å². The van der Waals surface area contributed by atoms with Crippen LogP contribution in [0.25, 0.3) is 0 Å². The van der Waals surface area contributed by atoms with Gasteiger partial charge in [0.15, 0.2) is 5.79 Å². The fraction of sp³-hybridized carbons (Fsp3) is 1.00. The largest absolute Gasteiger partial charge is 0.391 e. The molecule has 2 fully saturated rings. The van der Waals surface area contributed by atoms with Gasteiger partial charge in [0, 0.05) is 0 Å². The quantitative estimate of drug-likeness (QED) is 0.534. The molecular formula is C9H17NO8S. The van der Waals surface area contributed by atoms with Crippen LogP contribution in [0.1, 0.15) is 13.8 Å². The Hall–Kier alpha value is -0.330. The number of hydrogen-bond acceptors (Lipinski definition) is 8. The Labute approximate surface area is 110 Å². The molecule has 2 aliphatic rings. The van der Waals surface area contributed by atoms with Gasteiger partial charge in [-0.3, -0.25) is 0 Å². The van der Waals surface area contributed by atoms with E-state index in [0.29, 0.717) is 0 Å². The summed E-state index contributed by atoms with van der Waals surface area (Å²) in [6, 6.07) is 0. The van der Waals surface area contributed by atoms with Crippen molar-refractivity contribution in [2.24, 2.45) is 5.14 Å². The minimum Gasteiger partial charge on any atom is -0.391 e. The first-order valence-corrected chi connectivity index (χ1v) is 7.08. The van der Waals surface area contributed by atoms with Gasteiger partial charge in [-0.15, -0.1) is 0 Å². The predicted molar refractivity (Wildman–Crippen MR) is 59.8 cm³/mol. The van der Waals surface area contributed by atoms with Gasteiger partial charge in [0.25, 0.3) is 0 Å². The SMILES string of the molecule is CC1(C)O[C@H]2[C@H](O)[C@H](OS(N)(=O)=O)CO[C@@]2(CO)O1. The molecule has 0 spiro atoms. The Morgan fingerprint density at radius 3 is 2.63 bits per heavy atom. The maximum Gasteiger partial charge on any atom is 0.333 e. The number of fused-ring (bicyclic) bond motifs is 1. The predicted octanol–water partition coefficient (Wildman–Crippen LogP) is -2.19. The summed E-state index contributed by atoms with van der Waals surface area (Å²) in [5.74, 6) is -2.63. The number of aliphatic hydroxyl groups is 2. The molecule has 19 heavy (non-hydrogen) atoms. The van der Waals surface area contributed by atoms with Gasteiger partial charge in [-0.25, -0.2) is 9.32 Å². The van der Waals surface area contributed by atoms with Crippen molar-refractivity contribution in [2.45, 2.75) is 43.7 Å². The molecule has 0 aromatic carbocycles. The average Bonchev–Trinajstić information content (AvgIpc) is 2.54. The van der Waals surface area contributed by atoms with E-state index in [1.165, 1.54) is 0 Å². The number of rotatable bonds is 3. The van der Waals surface area contributed by atoms with Crippen molar-refractivity contribution < 1.29 is 37.0 Å². The molecule has 2 saturated heterocycles. The highest BCUT2D eigenvalue weighted by Crippen LogP contribution is 2.42. The van der Waals surface area contributed by atoms with Gasteiger partial charge in [-0.2, -0.15) is 8.42 Å². The number of aliphatic hydroxyl groups excluding tert-OH is 2. The highest BCUT2D eigenvalue weighted by atomic mass is 32.2. The van der Waals surface area contributed by atoms with Crippen molar-refractivity contribution in [3.63, 3.8) is 0 Å². The van der Waals surface area contributed by atoms with E-state index in [0.717, 1.165) is 0 Å². The molecule has 0 unspecified atom stereocenters. The highest BCUT2D eigenvalue weighted by Gasteiger charge is 2.61. The van der Waals surface area contributed by atoms with Crippen LogP contribution in [0.5, 0.6) is 0 Å². The van der Waals surface area contributed by atoms with Gasteiger partial charge in [0.2, 0.25) is 5.79 Å². The van der Waals surface area contributed by atoms with Gasteiger partial charge < -0.3 is 24.4 Å². The minimum absolute atomic E-state index is 0.311. The van der Waals surface area contributed by atoms with Gasteiger partial charge in [-0.05, 0) is 13.8 Å². The van der Waals surface area contributed by atoms with Gasteiger partial charge in [0.1, 0.15) is 24.9 Å². The van der Waals surface area contributed by atoms with Crippen LogP contribution in [0.2, 0.25) is 0 Å². The van der Waals surface area contributed by atoms with Crippen molar-refractivity contribution in [3.05, 3.63) is 0 Å². The summed E-state index contributed by atoms with van der Waals surface area (Å²) in [5.41, 5.74) is 0. The molecule has 0 amide bonds. The molecule has 0 bridgehead atoms. The van der Waals surface area contributed by atoms with Gasteiger partial charge >= 0.3 is 10.3 Å². The molecular weight excluding hydrogens is 282 g/mol. The van der Waals surface area contributed by atoms with Crippen LogP contribution >= 0.6 is 0 Å². The van der Waals surface area contributed by atoms with Crippen LogP contribution in [0.3, 0.4) is 0 Å². The summed E-state index contributed by atoms with van der Waals surface area (Å²) in [6.45, 7) is 2.29. The second-order valence-electron chi connectivity index (χ2n) is 4.94. The lowest BCUT2D eigenvalue weighted by atomic mass is 9.98. The Morgan fingerprint density at radius 1 is 1.47 bits per heavy atom. The standard InChI is InChI=1S/C9H17NO8S/c1-8(2)16-7-6(12)5(17-19(10,13)14)3-15-9(7,4-11)18-8/h5-7,11-12H,3-4H2,1-2H3,(H2,10,13,14)/t5-,6-,7+,9+/m1/s1. The fourth-order valence-corrected chi connectivity index (χ4v) is 2.79. The number of hydrogen-bond donors (Lipinski definition) is 3. The van der Waals surface area contributed by atoms with Crippen LogP contribution in [0, 0.1) is 0 Å². The highest BCUT2D eigenvalue weighted by molar-refractivity contribution is 7.84. The first kappa shape index (κ1) is 15.1. The Balaban J connectivity index is 2.21. The van der Waals surface area contributed by atoms with E-state index in [1.54, 1.807) is 13.8 Å². The Morgan fingerprint density at radius 2 is 2.11 bits per heavy atom. The molecule has 4 N–H and O–H groups in total. The van der Waals surface area contributed by atoms with Crippen molar-refractivity contribution in [1.29, 1.82) is 0 Å². The lowest BCUT2D eigenvalue weighted by Crippen LogP contribution is -2.62. The van der Waals surface area contributed by atoms with E-state index in [1.807, 2.05) is 0 Å². The third-order valence-corrected chi connectivity index (χ3v) is 3.44. The Bertz CT molecular complexity index is 451. The smallest absolute Gasteiger partial charge is 0.333 e. The molecule has 0 radical (unpaired) electrons. The second kappa shape index (κ2) is 4.60. The summed E-state index contributed by atoms with van der Waals surface area (Å²) in [6.07, 6.45) is -3.69. The summed E-state index contributed by atoms with van der Waals surface area (Å²) in [7, 11) is -4.24. The molecule has 2 rings (SSSR count). The minimum atomic E-state index is -4.24. The number of nitrogens with two attached hydrogens (primary N) is 1. The zero-order chi connectivity index (χ0) is 14.5. The molecule has 0 aromatic heterocycles. The first-order valence-electron chi connectivity index (χ1n) is 5.60. The average molecular weight is 299 g/mol. The summed E-state index contributed by atoms with van der Waals surface area (Å²) in [4.78, 5) is 0. The molecule has 112 valence electrons. The van der Waals surface area contributed by atoms with Crippen molar-refractivity contribution in [1.82, 2.24) is 0 Å². The van der Waals surface area contributed by atoms with E-state index in [2.05, 4.69) is 4.18 Å². The third kappa shape index (κ3) is 2.90. The van der Waals surface area contributed by atoms with Crippen LogP contribution in [-0.2, 0) is 28.7 Å². The lowest BCUT2D eigenvalue weighted by Gasteiger charge is -2.40. The normalized spacial score (nSPS) is 42.1. The van der Waals surface area contributed by atoms with Crippen LogP contribution in [0.15, 0.2) is 0 Å². The monoisotopic (exact) mass is 299 g/mol. The number of ether oxygens (including phenoxy) is 3. The molecule has 0 saturated carbocycles. The zero-order valence-corrected chi connectivity index (χ0v) is 11.3. The van der Waals surface area contributed by atoms with Gasteiger partial charge in [0.05, 0.1) is 6.61 Å². The molecule has 4 atom stereocenters. The summed E-state index contributed by atoms with van der Waals surface area (Å²) in [5, 5.41) is 24.2. The van der Waals surface area contributed by atoms with Gasteiger partial charge in [-0.1, -0.05) is 0 Å². The zero-order valence-electron chi connectivity index (χ0n) is 10.5. The van der Waals surface area contributed by atoms with E-state index < -0.39 is 46.8 Å².